The molecule has 0 radical (unpaired) electrons. The molecule has 0 saturated carbocycles. The predicted octanol–water partition coefficient (Wildman–Crippen LogP) is 4.96. The average Bonchev–Trinajstić information content (AvgIpc) is 3.02. The fourth-order valence-corrected chi connectivity index (χ4v) is 2.73. The van der Waals surface area contributed by atoms with Crippen LogP contribution in [-0.2, 0) is 0 Å². The summed E-state index contributed by atoms with van der Waals surface area (Å²) in [6.07, 6.45) is 0. The van der Waals surface area contributed by atoms with Crippen molar-refractivity contribution >= 4 is 22.7 Å². The molecule has 1 aromatic heterocycles. The van der Waals surface area contributed by atoms with E-state index in [4.69, 9.17) is 9.68 Å². The van der Waals surface area contributed by atoms with Crippen molar-refractivity contribution in [3.05, 3.63) is 65.7 Å². The lowest BCUT2D eigenvalue weighted by atomic mass is 10.0. The minimum absolute atomic E-state index is 0.0524. The Hall–Kier alpha value is -3.33. The highest BCUT2D eigenvalue weighted by Gasteiger charge is 2.22. The molecule has 0 aliphatic carbocycles. The van der Waals surface area contributed by atoms with Gasteiger partial charge in [0.1, 0.15) is 17.2 Å². The fraction of sp³-hybridized carbons (Fsp3) is 0.200. The van der Waals surface area contributed by atoms with Gasteiger partial charge in [-0.25, -0.2) is 9.18 Å². The second-order valence-corrected chi connectivity index (χ2v) is 6.34. The number of urea groups is 1. The zero-order valence-electron chi connectivity index (χ0n) is 14.4. The van der Waals surface area contributed by atoms with Gasteiger partial charge < -0.3 is 15.1 Å². The third-order valence-corrected chi connectivity index (χ3v) is 4.01. The third kappa shape index (κ3) is 3.83. The molecule has 3 aromatic rings. The molecule has 0 spiro atoms. The van der Waals surface area contributed by atoms with Gasteiger partial charge in [0.15, 0.2) is 0 Å². The highest BCUT2D eigenvalue weighted by Crippen LogP contribution is 2.29. The van der Waals surface area contributed by atoms with Crippen LogP contribution in [0, 0.1) is 23.1 Å². The Kier molecular flexibility index (Phi) is 4.90. The molecule has 3 rings (SSSR count). The van der Waals surface area contributed by atoms with Gasteiger partial charge in [0.25, 0.3) is 0 Å². The summed E-state index contributed by atoms with van der Waals surface area (Å²) in [5, 5.41) is 15.2. The van der Waals surface area contributed by atoms with Crippen molar-refractivity contribution in [2.45, 2.75) is 19.9 Å². The van der Waals surface area contributed by atoms with Gasteiger partial charge in [0, 0.05) is 11.1 Å². The number of halogens is 1. The number of fused-ring (bicyclic) bond motifs is 1. The molecule has 0 bridgehead atoms. The molecule has 5 nitrogen and oxygen atoms in total. The Bertz CT molecular complexity index is 988. The summed E-state index contributed by atoms with van der Waals surface area (Å²) in [4.78, 5) is 12.4. The van der Waals surface area contributed by atoms with Crippen molar-refractivity contribution in [3.63, 3.8) is 0 Å². The summed E-state index contributed by atoms with van der Waals surface area (Å²) in [6.45, 7) is 3.91. The van der Waals surface area contributed by atoms with Crippen LogP contribution < -0.4 is 10.6 Å². The Morgan fingerprint density at radius 2 is 2.00 bits per heavy atom. The molecule has 0 fully saturated rings. The average molecular weight is 351 g/mol. The molecule has 1 unspecified atom stereocenters. The number of carbonyl (C=O) groups is 1. The van der Waals surface area contributed by atoms with Crippen molar-refractivity contribution in [1.82, 2.24) is 5.32 Å². The number of furan rings is 1. The second-order valence-electron chi connectivity index (χ2n) is 6.34. The number of nitriles is 1. The normalized spacial score (nSPS) is 12.0. The van der Waals surface area contributed by atoms with E-state index < -0.39 is 6.03 Å². The number of rotatable bonds is 4. The number of amides is 2. The van der Waals surface area contributed by atoms with E-state index in [0.717, 1.165) is 0 Å². The minimum Gasteiger partial charge on any atom is -0.459 e. The van der Waals surface area contributed by atoms with Gasteiger partial charge in [-0.05, 0) is 48.4 Å². The van der Waals surface area contributed by atoms with Crippen molar-refractivity contribution in [2.24, 2.45) is 5.92 Å². The van der Waals surface area contributed by atoms with E-state index >= 15 is 0 Å². The quantitative estimate of drug-likeness (QED) is 0.697. The smallest absolute Gasteiger partial charge is 0.319 e. The van der Waals surface area contributed by atoms with E-state index in [2.05, 4.69) is 10.6 Å². The zero-order valence-corrected chi connectivity index (χ0v) is 14.4. The third-order valence-electron chi connectivity index (χ3n) is 4.01. The number of carbonyl (C=O) groups excluding carboxylic acids is 1. The van der Waals surface area contributed by atoms with Crippen LogP contribution >= 0.6 is 0 Å². The van der Waals surface area contributed by atoms with Crippen LogP contribution in [0.1, 0.15) is 31.2 Å². The molecule has 0 saturated heterocycles. The Balaban J connectivity index is 1.79. The Labute approximate surface area is 150 Å². The van der Waals surface area contributed by atoms with Crippen LogP contribution in [0.25, 0.3) is 11.0 Å². The second kappa shape index (κ2) is 7.28. The van der Waals surface area contributed by atoms with Crippen LogP contribution in [0.15, 0.2) is 52.9 Å². The summed E-state index contributed by atoms with van der Waals surface area (Å²) in [7, 11) is 0. The SMILES string of the molecule is CC(C)C(NC(=O)Nc1cccc(C#N)c1)c1cc2cc(F)ccc2o1. The summed E-state index contributed by atoms with van der Waals surface area (Å²) in [6, 6.07) is 13.9. The van der Waals surface area contributed by atoms with Gasteiger partial charge in [0.05, 0.1) is 17.7 Å². The molecule has 1 atom stereocenters. The molecule has 132 valence electrons. The first-order valence-electron chi connectivity index (χ1n) is 8.23. The maximum absolute atomic E-state index is 13.4. The highest BCUT2D eigenvalue weighted by atomic mass is 19.1. The highest BCUT2D eigenvalue weighted by molar-refractivity contribution is 5.89. The van der Waals surface area contributed by atoms with Gasteiger partial charge in [-0.1, -0.05) is 19.9 Å². The van der Waals surface area contributed by atoms with Gasteiger partial charge >= 0.3 is 6.03 Å². The van der Waals surface area contributed by atoms with Gasteiger partial charge in [-0.15, -0.1) is 0 Å². The van der Waals surface area contributed by atoms with E-state index in [1.54, 1.807) is 36.4 Å². The maximum Gasteiger partial charge on any atom is 0.319 e. The van der Waals surface area contributed by atoms with Crippen LogP contribution in [0.3, 0.4) is 0 Å². The Morgan fingerprint density at radius 3 is 2.73 bits per heavy atom. The van der Waals surface area contributed by atoms with Crippen molar-refractivity contribution < 1.29 is 13.6 Å². The van der Waals surface area contributed by atoms with E-state index in [1.807, 2.05) is 19.9 Å². The summed E-state index contributed by atoms with van der Waals surface area (Å²) < 4.78 is 19.2. The topological polar surface area (TPSA) is 78.1 Å². The standard InChI is InChI=1S/C20H18FN3O2/c1-12(2)19(18-10-14-9-15(21)6-7-17(14)26-18)24-20(25)23-16-5-3-4-13(8-16)11-22/h3-10,12,19H,1-2H3,(H2,23,24,25). The van der Waals surface area contributed by atoms with E-state index in [1.165, 1.54) is 12.1 Å². The van der Waals surface area contributed by atoms with Crippen molar-refractivity contribution in [2.75, 3.05) is 5.32 Å². The monoisotopic (exact) mass is 351 g/mol. The van der Waals surface area contributed by atoms with Crippen LogP contribution in [0.4, 0.5) is 14.9 Å². The van der Waals surface area contributed by atoms with Gasteiger partial charge in [-0.2, -0.15) is 5.26 Å². The first-order chi connectivity index (χ1) is 12.5. The first kappa shape index (κ1) is 17.5. The van der Waals surface area contributed by atoms with Gasteiger partial charge in [0.2, 0.25) is 0 Å². The molecule has 6 heteroatoms. The largest absolute Gasteiger partial charge is 0.459 e. The number of hydrogen-bond donors (Lipinski definition) is 2. The van der Waals surface area contributed by atoms with Crippen molar-refractivity contribution in [1.29, 1.82) is 5.26 Å². The summed E-state index contributed by atoms with van der Waals surface area (Å²) in [5.41, 5.74) is 1.55. The molecule has 0 aliphatic rings. The molecule has 1 heterocycles. The van der Waals surface area contributed by atoms with E-state index in [9.17, 15) is 9.18 Å². The number of hydrogen-bond acceptors (Lipinski definition) is 3. The minimum atomic E-state index is -0.412. The Morgan fingerprint density at radius 1 is 1.19 bits per heavy atom. The van der Waals surface area contributed by atoms with Crippen LogP contribution in [-0.4, -0.2) is 6.03 Å². The molecular formula is C20H18FN3O2. The lowest BCUT2D eigenvalue weighted by Gasteiger charge is -2.20. The lowest BCUT2D eigenvalue weighted by molar-refractivity contribution is 0.241. The number of nitrogens with zero attached hydrogens (tertiary/aromatic N) is 1. The van der Waals surface area contributed by atoms with Crippen LogP contribution in [0.2, 0.25) is 0 Å². The van der Waals surface area contributed by atoms with E-state index in [0.29, 0.717) is 28.0 Å². The molecular weight excluding hydrogens is 333 g/mol. The van der Waals surface area contributed by atoms with Crippen molar-refractivity contribution in [3.8, 4) is 6.07 Å². The van der Waals surface area contributed by atoms with E-state index in [-0.39, 0.29) is 17.8 Å². The molecule has 2 aromatic carbocycles. The van der Waals surface area contributed by atoms with Gasteiger partial charge in [-0.3, -0.25) is 0 Å². The fourth-order valence-electron chi connectivity index (χ4n) is 2.73. The lowest BCUT2D eigenvalue weighted by Crippen LogP contribution is -2.34. The molecule has 2 amide bonds. The first-order valence-corrected chi connectivity index (χ1v) is 8.23. The summed E-state index contributed by atoms with van der Waals surface area (Å²) in [5.74, 6) is 0.271. The van der Waals surface area contributed by atoms with Crippen LogP contribution in [0.5, 0.6) is 0 Å². The molecule has 2 N–H and O–H groups in total. The molecule has 26 heavy (non-hydrogen) atoms. The summed E-state index contributed by atoms with van der Waals surface area (Å²) >= 11 is 0. The number of nitrogens with one attached hydrogen (secondary N) is 2. The molecule has 0 aliphatic heterocycles. The predicted molar refractivity (Wildman–Crippen MR) is 97.1 cm³/mol. The number of anilines is 1. The number of benzene rings is 2. The zero-order chi connectivity index (χ0) is 18.7. The maximum atomic E-state index is 13.4.